The highest BCUT2D eigenvalue weighted by atomic mass is 32.1. The summed E-state index contributed by atoms with van der Waals surface area (Å²) < 4.78 is 10.3. The zero-order valence-corrected chi connectivity index (χ0v) is 14.0. The molecule has 1 aromatic heterocycles. The Morgan fingerprint density at radius 3 is 2.76 bits per heavy atom. The summed E-state index contributed by atoms with van der Waals surface area (Å²) in [5.41, 5.74) is 0. The van der Waals surface area contributed by atoms with Gasteiger partial charge in [0.1, 0.15) is 0 Å². The molecule has 7 heteroatoms. The molecular weight excluding hydrogens is 288 g/mol. The number of rotatable bonds is 10. The Labute approximate surface area is 131 Å². The summed E-state index contributed by atoms with van der Waals surface area (Å²) >= 11 is 1.74. The van der Waals surface area contributed by atoms with Gasteiger partial charge in [-0.3, -0.25) is 4.99 Å². The van der Waals surface area contributed by atoms with E-state index in [-0.39, 0.29) is 0 Å². The molecule has 0 unspecified atom stereocenters. The number of hydrogen-bond acceptors (Lipinski definition) is 5. The van der Waals surface area contributed by atoms with E-state index in [1.165, 1.54) is 4.88 Å². The number of aliphatic imine (C=N–C) groups is 1. The number of guanidine groups is 1. The Kier molecular flexibility index (Phi) is 9.77. The molecule has 0 saturated carbocycles. The van der Waals surface area contributed by atoms with Gasteiger partial charge >= 0.3 is 0 Å². The Hall–Kier alpha value is -1.18. The fourth-order valence-electron chi connectivity index (χ4n) is 1.65. The van der Waals surface area contributed by atoms with E-state index in [0.717, 1.165) is 43.5 Å². The highest BCUT2D eigenvalue weighted by molar-refractivity contribution is 7.11. The minimum atomic E-state index is 0.646. The van der Waals surface area contributed by atoms with Crippen LogP contribution in [0.5, 0.6) is 0 Å². The molecule has 6 nitrogen and oxygen atoms in total. The molecule has 0 amide bonds. The fraction of sp³-hybridized carbons (Fsp3) is 0.714. The van der Waals surface area contributed by atoms with Gasteiger partial charge in [0.05, 0.1) is 18.2 Å². The Bertz CT molecular complexity index is 409. The van der Waals surface area contributed by atoms with Crippen molar-refractivity contribution in [3.8, 4) is 0 Å². The minimum Gasteiger partial charge on any atom is -0.382 e. The zero-order valence-electron chi connectivity index (χ0n) is 13.1. The third-order valence-corrected chi connectivity index (χ3v) is 3.69. The molecule has 0 saturated heterocycles. The topological polar surface area (TPSA) is 67.8 Å². The lowest BCUT2D eigenvalue weighted by atomic mass is 10.4. The second-order valence-corrected chi connectivity index (χ2v) is 5.82. The van der Waals surface area contributed by atoms with Gasteiger partial charge in [0.15, 0.2) is 5.96 Å². The van der Waals surface area contributed by atoms with E-state index in [0.29, 0.717) is 13.2 Å². The Morgan fingerprint density at radius 1 is 1.29 bits per heavy atom. The van der Waals surface area contributed by atoms with Crippen LogP contribution in [0.25, 0.3) is 0 Å². The van der Waals surface area contributed by atoms with Crippen LogP contribution in [0.3, 0.4) is 0 Å². The number of aryl methyl sites for hydroxylation is 1. The molecule has 21 heavy (non-hydrogen) atoms. The van der Waals surface area contributed by atoms with E-state index >= 15 is 0 Å². The third-order valence-electron chi connectivity index (χ3n) is 2.71. The first kappa shape index (κ1) is 17.9. The first-order valence-electron chi connectivity index (χ1n) is 7.18. The van der Waals surface area contributed by atoms with Crippen molar-refractivity contribution in [3.63, 3.8) is 0 Å². The summed E-state index contributed by atoms with van der Waals surface area (Å²) in [7, 11) is 3.45. The van der Waals surface area contributed by atoms with Gasteiger partial charge in [-0.2, -0.15) is 0 Å². The van der Waals surface area contributed by atoms with Crippen molar-refractivity contribution in [2.24, 2.45) is 4.99 Å². The number of nitrogens with zero attached hydrogens (tertiary/aromatic N) is 2. The summed E-state index contributed by atoms with van der Waals surface area (Å²) in [5.74, 6) is 0.820. The van der Waals surface area contributed by atoms with Crippen LogP contribution in [0, 0.1) is 6.92 Å². The average Bonchev–Trinajstić information content (AvgIpc) is 2.90. The molecule has 0 radical (unpaired) electrons. The molecule has 1 aromatic rings. The second-order valence-electron chi connectivity index (χ2n) is 4.50. The quantitative estimate of drug-likeness (QED) is 0.386. The van der Waals surface area contributed by atoms with E-state index in [2.05, 4.69) is 27.5 Å². The first-order chi connectivity index (χ1) is 10.3. The highest BCUT2D eigenvalue weighted by Crippen LogP contribution is 2.10. The van der Waals surface area contributed by atoms with Crippen LogP contribution in [0.4, 0.5) is 0 Å². The molecule has 0 aromatic carbocycles. The van der Waals surface area contributed by atoms with Crippen molar-refractivity contribution in [2.45, 2.75) is 19.8 Å². The van der Waals surface area contributed by atoms with Crippen LogP contribution in [0.1, 0.15) is 16.3 Å². The lowest BCUT2D eigenvalue weighted by Crippen LogP contribution is -2.39. The lowest BCUT2D eigenvalue weighted by Gasteiger charge is -2.11. The highest BCUT2D eigenvalue weighted by Gasteiger charge is 2.00. The van der Waals surface area contributed by atoms with Gasteiger partial charge < -0.3 is 20.1 Å². The largest absolute Gasteiger partial charge is 0.382 e. The summed E-state index contributed by atoms with van der Waals surface area (Å²) in [4.78, 5) is 9.78. The molecular formula is C14H26N4O2S. The van der Waals surface area contributed by atoms with Crippen LogP contribution in [0.2, 0.25) is 0 Å². The van der Waals surface area contributed by atoms with Gasteiger partial charge in [0.2, 0.25) is 0 Å². The lowest BCUT2D eigenvalue weighted by molar-refractivity contribution is 0.0698. The van der Waals surface area contributed by atoms with E-state index in [9.17, 15) is 0 Å². The summed E-state index contributed by atoms with van der Waals surface area (Å²) in [6.45, 7) is 5.76. The maximum absolute atomic E-state index is 5.40. The van der Waals surface area contributed by atoms with Crippen LogP contribution < -0.4 is 10.6 Å². The van der Waals surface area contributed by atoms with Gasteiger partial charge in [-0.05, 0) is 13.3 Å². The summed E-state index contributed by atoms with van der Waals surface area (Å²) in [6, 6.07) is 0. The predicted molar refractivity (Wildman–Crippen MR) is 87.2 cm³/mol. The number of nitrogens with one attached hydrogen (secondary N) is 2. The van der Waals surface area contributed by atoms with Crippen molar-refractivity contribution in [3.05, 3.63) is 16.1 Å². The molecule has 0 spiro atoms. The number of thiazole rings is 1. The smallest absolute Gasteiger partial charge is 0.190 e. The number of aromatic nitrogens is 1. The SMILES string of the molecule is CN=C(NCCCOCCOC)NCCc1ncc(C)s1. The van der Waals surface area contributed by atoms with E-state index in [1.54, 1.807) is 25.5 Å². The predicted octanol–water partition coefficient (Wildman–Crippen LogP) is 1.21. The monoisotopic (exact) mass is 314 g/mol. The molecule has 0 aliphatic heterocycles. The average molecular weight is 314 g/mol. The van der Waals surface area contributed by atoms with Crippen molar-refractivity contribution < 1.29 is 9.47 Å². The van der Waals surface area contributed by atoms with Gasteiger partial charge in [-0.1, -0.05) is 0 Å². The van der Waals surface area contributed by atoms with E-state index < -0.39 is 0 Å². The van der Waals surface area contributed by atoms with Gasteiger partial charge in [-0.15, -0.1) is 11.3 Å². The molecule has 120 valence electrons. The molecule has 2 N–H and O–H groups in total. The van der Waals surface area contributed by atoms with Crippen LogP contribution in [-0.4, -0.2) is 58.0 Å². The van der Waals surface area contributed by atoms with Crippen molar-refractivity contribution in [1.29, 1.82) is 0 Å². The summed E-state index contributed by atoms with van der Waals surface area (Å²) in [5, 5.41) is 7.70. The maximum atomic E-state index is 5.40. The Balaban J connectivity index is 2.04. The number of ether oxygens (including phenoxy) is 2. The Morgan fingerprint density at radius 2 is 2.10 bits per heavy atom. The molecule has 0 bridgehead atoms. The fourth-order valence-corrected chi connectivity index (χ4v) is 2.44. The summed E-state index contributed by atoms with van der Waals surface area (Å²) in [6.07, 6.45) is 3.77. The van der Waals surface area contributed by atoms with Crippen molar-refractivity contribution in [2.75, 3.05) is 47.1 Å². The van der Waals surface area contributed by atoms with Gasteiger partial charge in [0.25, 0.3) is 0 Å². The normalized spacial score (nSPS) is 11.7. The molecule has 0 aliphatic rings. The van der Waals surface area contributed by atoms with Crippen LogP contribution in [0.15, 0.2) is 11.2 Å². The number of methoxy groups -OCH3 is 1. The molecule has 1 heterocycles. The van der Waals surface area contributed by atoms with Gasteiger partial charge in [-0.25, -0.2) is 4.98 Å². The minimum absolute atomic E-state index is 0.646. The standard InChI is InChI=1S/C14H26N4O2S/c1-12-11-18-13(21-12)5-7-17-14(15-2)16-6-4-8-20-10-9-19-3/h11H,4-10H2,1-3H3,(H2,15,16,17). The van der Waals surface area contributed by atoms with Crippen LogP contribution in [-0.2, 0) is 15.9 Å². The van der Waals surface area contributed by atoms with E-state index in [1.807, 2.05) is 6.20 Å². The number of hydrogen-bond donors (Lipinski definition) is 2. The molecule has 0 atom stereocenters. The molecule has 1 rings (SSSR count). The zero-order chi connectivity index (χ0) is 15.3. The maximum Gasteiger partial charge on any atom is 0.190 e. The first-order valence-corrected chi connectivity index (χ1v) is 8.00. The van der Waals surface area contributed by atoms with Crippen LogP contribution >= 0.6 is 11.3 Å². The van der Waals surface area contributed by atoms with Gasteiger partial charge in [0, 0.05) is 51.3 Å². The molecule has 0 aliphatic carbocycles. The van der Waals surface area contributed by atoms with Crippen molar-refractivity contribution in [1.82, 2.24) is 15.6 Å². The van der Waals surface area contributed by atoms with Crippen molar-refractivity contribution >= 4 is 17.3 Å². The second kappa shape index (κ2) is 11.5. The van der Waals surface area contributed by atoms with E-state index in [4.69, 9.17) is 9.47 Å². The molecule has 0 fully saturated rings. The third kappa shape index (κ3) is 8.64.